The van der Waals surface area contributed by atoms with Gasteiger partial charge in [0.1, 0.15) is 0 Å². The van der Waals surface area contributed by atoms with Crippen molar-refractivity contribution in [2.45, 2.75) is 0 Å². The van der Waals surface area contributed by atoms with Crippen LogP contribution in [0.5, 0.6) is 0 Å². The van der Waals surface area contributed by atoms with Gasteiger partial charge in [0, 0.05) is 27.7 Å². The van der Waals surface area contributed by atoms with Crippen LogP contribution in [-0.2, 0) is 0 Å². The predicted octanol–water partition coefficient (Wildman–Crippen LogP) is 4.24. The molecule has 0 amide bonds. The average molecular weight is 341 g/mol. The van der Waals surface area contributed by atoms with E-state index in [4.69, 9.17) is 11.6 Å². The maximum absolute atomic E-state index is 12.3. The van der Waals surface area contributed by atoms with Crippen molar-refractivity contribution in [2.24, 2.45) is 0 Å². The first-order chi connectivity index (χ1) is 9.00. The highest BCUT2D eigenvalue weighted by atomic mass is 79.9. The Morgan fingerprint density at radius 2 is 1.84 bits per heavy atom. The Kier molecular flexibility index (Phi) is 3.97. The molecule has 2 aromatic rings. The van der Waals surface area contributed by atoms with Crippen LogP contribution >= 0.6 is 27.5 Å². The summed E-state index contributed by atoms with van der Waals surface area (Å²) in [7, 11) is 0. The number of rotatable bonds is 3. The number of nitro benzene ring substituents is 1. The number of benzene rings is 2. The monoisotopic (exact) mass is 339 g/mol. The SMILES string of the molecule is O=C(c1ccccc1)c1cc([N+](=O)[O-])cc(Br)c1Cl. The van der Waals surface area contributed by atoms with Crippen LogP contribution in [-0.4, -0.2) is 10.7 Å². The Morgan fingerprint density at radius 1 is 1.21 bits per heavy atom. The lowest BCUT2D eigenvalue weighted by atomic mass is 10.0. The summed E-state index contributed by atoms with van der Waals surface area (Å²) in [6.45, 7) is 0. The van der Waals surface area contributed by atoms with Gasteiger partial charge in [-0.2, -0.15) is 0 Å². The van der Waals surface area contributed by atoms with Crippen molar-refractivity contribution in [1.82, 2.24) is 0 Å². The standard InChI is InChI=1S/C13H7BrClNO3/c14-11-7-9(16(18)19)6-10(12(11)15)13(17)8-4-2-1-3-5-8/h1-7H. The summed E-state index contributed by atoms with van der Waals surface area (Å²) in [4.78, 5) is 22.5. The molecular formula is C13H7BrClNO3. The average Bonchev–Trinajstić information content (AvgIpc) is 2.41. The number of nitrogens with zero attached hydrogens (tertiary/aromatic N) is 1. The molecule has 0 fully saturated rings. The number of nitro groups is 1. The number of hydrogen-bond donors (Lipinski definition) is 0. The van der Waals surface area contributed by atoms with E-state index < -0.39 is 4.92 Å². The van der Waals surface area contributed by atoms with E-state index in [0.29, 0.717) is 10.0 Å². The minimum absolute atomic E-state index is 0.106. The lowest BCUT2D eigenvalue weighted by Gasteiger charge is -2.05. The summed E-state index contributed by atoms with van der Waals surface area (Å²) in [5, 5.41) is 11.0. The van der Waals surface area contributed by atoms with Gasteiger partial charge in [0.05, 0.1) is 9.95 Å². The van der Waals surface area contributed by atoms with Gasteiger partial charge in [-0.15, -0.1) is 0 Å². The Balaban J connectivity index is 2.56. The molecule has 4 nitrogen and oxygen atoms in total. The highest BCUT2D eigenvalue weighted by Gasteiger charge is 2.20. The van der Waals surface area contributed by atoms with Crippen molar-refractivity contribution in [3.63, 3.8) is 0 Å². The van der Waals surface area contributed by atoms with E-state index >= 15 is 0 Å². The minimum atomic E-state index is -0.567. The molecule has 0 aliphatic carbocycles. The zero-order valence-corrected chi connectivity index (χ0v) is 11.8. The normalized spacial score (nSPS) is 10.2. The molecule has 2 rings (SSSR count). The minimum Gasteiger partial charge on any atom is -0.289 e. The van der Waals surface area contributed by atoms with Gasteiger partial charge >= 0.3 is 0 Å². The Labute approximate surface area is 122 Å². The lowest BCUT2D eigenvalue weighted by Crippen LogP contribution is -2.03. The molecule has 2 aromatic carbocycles. The van der Waals surface area contributed by atoms with Crippen LogP contribution < -0.4 is 0 Å². The molecule has 0 aromatic heterocycles. The van der Waals surface area contributed by atoms with Gasteiger partial charge in [-0.1, -0.05) is 41.9 Å². The van der Waals surface area contributed by atoms with Crippen molar-refractivity contribution < 1.29 is 9.72 Å². The van der Waals surface area contributed by atoms with Crippen LogP contribution in [0.15, 0.2) is 46.9 Å². The molecule has 0 radical (unpaired) electrons. The fraction of sp³-hybridized carbons (Fsp3) is 0. The van der Waals surface area contributed by atoms with Crippen LogP contribution in [0.25, 0.3) is 0 Å². The van der Waals surface area contributed by atoms with Crippen LogP contribution in [0.1, 0.15) is 15.9 Å². The molecule has 0 N–H and O–H groups in total. The molecular weight excluding hydrogens is 334 g/mol. The molecule has 0 atom stereocenters. The highest BCUT2D eigenvalue weighted by Crippen LogP contribution is 2.32. The number of non-ortho nitro benzene ring substituents is 1. The summed E-state index contributed by atoms with van der Waals surface area (Å²) in [5.41, 5.74) is 0.348. The van der Waals surface area contributed by atoms with Gasteiger partial charge in [0.15, 0.2) is 5.78 Å². The number of carbonyl (C=O) groups is 1. The van der Waals surface area contributed by atoms with Gasteiger partial charge < -0.3 is 0 Å². The predicted molar refractivity (Wildman–Crippen MR) is 75.7 cm³/mol. The van der Waals surface area contributed by atoms with E-state index in [1.807, 2.05) is 0 Å². The molecule has 0 aliphatic rings. The lowest BCUT2D eigenvalue weighted by molar-refractivity contribution is -0.384. The number of halogens is 2. The maximum Gasteiger partial charge on any atom is 0.271 e. The topological polar surface area (TPSA) is 60.2 Å². The Bertz CT molecular complexity index is 658. The van der Waals surface area contributed by atoms with Gasteiger partial charge in [-0.25, -0.2) is 0 Å². The summed E-state index contributed by atoms with van der Waals surface area (Å²) in [6.07, 6.45) is 0. The highest BCUT2D eigenvalue weighted by molar-refractivity contribution is 9.10. The van der Waals surface area contributed by atoms with Crippen molar-refractivity contribution in [3.8, 4) is 0 Å². The summed E-state index contributed by atoms with van der Waals surface area (Å²) >= 11 is 9.14. The smallest absolute Gasteiger partial charge is 0.271 e. The fourth-order valence-corrected chi connectivity index (χ4v) is 2.23. The largest absolute Gasteiger partial charge is 0.289 e. The van der Waals surface area contributed by atoms with Gasteiger partial charge in [0.25, 0.3) is 5.69 Å². The van der Waals surface area contributed by atoms with Crippen LogP contribution in [0.4, 0.5) is 5.69 Å². The molecule has 0 bridgehead atoms. The van der Waals surface area contributed by atoms with Crippen LogP contribution in [0.2, 0.25) is 5.02 Å². The van der Waals surface area contributed by atoms with Crippen LogP contribution in [0.3, 0.4) is 0 Å². The summed E-state index contributed by atoms with van der Waals surface area (Å²) in [6, 6.07) is 10.9. The molecule has 96 valence electrons. The third-order valence-corrected chi connectivity index (χ3v) is 3.77. The molecule has 0 spiro atoms. The second-order valence-corrected chi connectivity index (χ2v) is 4.97. The second kappa shape index (κ2) is 5.50. The number of ketones is 1. The van der Waals surface area contributed by atoms with E-state index in [1.54, 1.807) is 30.3 Å². The van der Waals surface area contributed by atoms with Crippen molar-refractivity contribution >= 4 is 39.0 Å². The molecule has 0 aliphatic heterocycles. The van der Waals surface area contributed by atoms with Crippen molar-refractivity contribution in [2.75, 3.05) is 0 Å². The zero-order chi connectivity index (χ0) is 14.0. The van der Waals surface area contributed by atoms with E-state index in [0.717, 1.165) is 0 Å². The van der Waals surface area contributed by atoms with Gasteiger partial charge in [-0.3, -0.25) is 14.9 Å². The van der Waals surface area contributed by atoms with E-state index in [-0.39, 0.29) is 22.1 Å². The first-order valence-corrected chi connectivity index (χ1v) is 6.41. The van der Waals surface area contributed by atoms with E-state index in [1.165, 1.54) is 12.1 Å². The molecule has 19 heavy (non-hydrogen) atoms. The first kappa shape index (κ1) is 13.7. The summed E-state index contributed by atoms with van der Waals surface area (Å²) < 4.78 is 0.322. The third-order valence-electron chi connectivity index (χ3n) is 2.50. The summed E-state index contributed by atoms with van der Waals surface area (Å²) in [5.74, 6) is -0.352. The number of hydrogen-bond acceptors (Lipinski definition) is 3. The quantitative estimate of drug-likeness (QED) is 0.477. The van der Waals surface area contributed by atoms with Crippen molar-refractivity contribution in [1.29, 1.82) is 0 Å². The third kappa shape index (κ3) is 2.83. The maximum atomic E-state index is 12.3. The van der Waals surface area contributed by atoms with Crippen LogP contribution in [0, 0.1) is 10.1 Å². The van der Waals surface area contributed by atoms with E-state index in [2.05, 4.69) is 15.9 Å². The van der Waals surface area contributed by atoms with Crippen molar-refractivity contribution in [3.05, 3.63) is 73.2 Å². The van der Waals surface area contributed by atoms with Gasteiger partial charge in [-0.05, 0) is 15.9 Å². The Morgan fingerprint density at radius 3 is 2.42 bits per heavy atom. The molecule has 6 heteroatoms. The van der Waals surface area contributed by atoms with Gasteiger partial charge in [0.2, 0.25) is 0 Å². The first-order valence-electron chi connectivity index (χ1n) is 5.24. The van der Waals surface area contributed by atoms with E-state index in [9.17, 15) is 14.9 Å². The fourth-order valence-electron chi connectivity index (χ4n) is 1.59. The molecule has 0 heterocycles. The molecule has 0 saturated carbocycles. The zero-order valence-electron chi connectivity index (χ0n) is 9.47. The molecule has 0 unspecified atom stereocenters. The molecule has 0 saturated heterocycles. The number of carbonyl (C=O) groups excluding carboxylic acids is 1. The Hall–Kier alpha value is -1.72. The second-order valence-electron chi connectivity index (χ2n) is 3.74.